The quantitative estimate of drug-likeness (QED) is 0.556. The number of rotatable bonds is 5. The first-order chi connectivity index (χ1) is 13.5. The summed E-state index contributed by atoms with van der Waals surface area (Å²) in [7, 11) is 0. The Hall–Kier alpha value is -2.50. The molecule has 1 aliphatic rings. The third-order valence-corrected chi connectivity index (χ3v) is 5.57. The summed E-state index contributed by atoms with van der Waals surface area (Å²) in [4.78, 5) is 16.2. The lowest BCUT2D eigenvalue weighted by molar-refractivity contribution is 0.102. The molecule has 0 saturated carbocycles. The molecule has 1 unspecified atom stereocenters. The van der Waals surface area contributed by atoms with Crippen LogP contribution in [0.25, 0.3) is 10.9 Å². The van der Waals surface area contributed by atoms with Crippen LogP contribution in [0.4, 0.5) is 5.69 Å². The monoisotopic (exact) mass is 391 g/mol. The predicted octanol–water partition coefficient (Wildman–Crippen LogP) is 4.62. The first-order valence-corrected chi connectivity index (χ1v) is 10.3. The number of nitrogens with one attached hydrogen (secondary N) is 3. The molecule has 2 aromatic carbocycles. The van der Waals surface area contributed by atoms with Gasteiger partial charge < -0.3 is 15.6 Å². The maximum Gasteiger partial charge on any atom is 0.255 e. The van der Waals surface area contributed by atoms with Crippen LogP contribution in [-0.4, -0.2) is 28.3 Å². The zero-order valence-electron chi connectivity index (χ0n) is 16.2. The Labute approximate surface area is 170 Å². The minimum absolute atomic E-state index is 0.123. The average Bonchev–Trinajstić information content (AvgIpc) is 3.05. The van der Waals surface area contributed by atoms with Crippen molar-refractivity contribution >= 4 is 40.1 Å². The third-order valence-electron chi connectivity index (χ3n) is 5.30. The number of hydrogen-bond donors (Lipinski definition) is 3. The summed E-state index contributed by atoms with van der Waals surface area (Å²) in [5, 5.41) is 9.47. The van der Waals surface area contributed by atoms with Gasteiger partial charge in [0.1, 0.15) is 0 Å². The molecule has 1 aliphatic carbocycles. The minimum Gasteiger partial charge on any atom is -0.358 e. The van der Waals surface area contributed by atoms with Crippen molar-refractivity contribution in [2.45, 2.75) is 45.2 Å². The smallest absolute Gasteiger partial charge is 0.255 e. The lowest BCUT2D eigenvalue weighted by Crippen LogP contribution is -2.38. The van der Waals surface area contributed by atoms with Crippen LogP contribution in [0.1, 0.15) is 47.4 Å². The molecule has 3 aromatic rings. The summed E-state index contributed by atoms with van der Waals surface area (Å²) in [6.07, 6.45) is 3.22. The molecule has 3 N–H and O–H groups in total. The number of anilines is 1. The first kappa shape index (κ1) is 18.8. The number of carbonyl (C=O) groups is 1. The van der Waals surface area contributed by atoms with Crippen molar-refractivity contribution < 1.29 is 4.79 Å². The number of H-pyrrole nitrogens is 1. The van der Waals surface area contributed by atoms with E-state index in [-0.39, 0.29) is 5.91 Å². The molecule has 28 heavy (non-hydrogen) atoms. The van der Waals surface area contributed by atoms with Crippen LogP contribution < -0.4 is 10.6 Å². The highest BCUT2D eigenvalue weighted by molar-refractivity contribution is 7.79. The molecule has 1 atom stereocenters. The predicted molar refractivity (Wildman–Crippen MR) is 120 cm³/mol. The Kier molecular flexibility index (Phi) is 5.29. The fourth-order valence-electron chi connectivity index (χ4n) is 4.06. The number of aryl methyl sites for hydroxylation is 1. The molecular weight excluding hydrogens is 366 g/mol. The summed E-state index contributed by atoms with van der Waals surface area (Å²) in [6.45, 7) is 4.38. The van der Waals surface area contributed by atoms with E-state index in [1.54, 1.807) is 17.5 Å². The fourth-order valence-corrected chi connectivity index (χ4v) is 4.21. The van der Waals surface area contributed by atoms with Gasteiger partial charge in [0.25, 0.3) is 5.91 Å². The van der Waals surface area contributed by atoms with E-state index < -0.39 is 0 Å². The second kappa shape index (κ2) is 7.86. The van der Waals surface area contributed by atoms with Crippen LogP contribution >= 0.6 is 12.2 Å². The maximum absolute atomic E-state index is 12.6. The van der Waals surface area contributed by atoms with E-state index in [1.165, 1.54) is 16.6 Å². The highest BCUT2D eigenvalue weighted by Crippen LogP contribution is 2.31. The van der Waals surface area contributed by atoms with E-state index in [2.05, 4.69) is 41.6 Å². The van der Waals surface area contributed by atoms with Gasteiger partial charge >= 0.3 is 0 Å². The number of thiocarbonyl (C=S) groups is 1. The van der Waals surface area contributed by atoms with Gasteiger partial charge in [0, 0.05) is 45.3 Å². The van der Waals surface area contributed by atoms with E-state index in [1.807, 2.05) is 18.2 Å². The van der Waals surface area contributed by atoms with Crippen LogP contribution in [0.3, 0.4) is 0 Å². The number of fused-ring (bicyclic) bond motifs is 3. The Morgan fingerprint density at radius 2 is 2.11 bits per heavy atom. The van der Waals surface area contributed by atoms with Gasteiger partial charge in [-0.05, 0) is 60.7 Å². The second-order valence-electron chi connectivity index (χ2n) is 7.80. The molecule has 144 valence electrons. The summed E-state index contributed by atoms with van der Waals surface area (Å²) in [6, 6.07) is 14.4. The Morgan fingerprint density at radius 1 is 1.25 bits per heavy atom. The zero-order chi connectivity index (χ0) is 19.7. The summed E-state index contributed by atoms with van der Waals surface area (Å²) in [5.74, 6) is -0.123. The van der Waals surface area contributed by atoms with Crippen LogP contribution in [0.15, 0.2) is 42.5 Å². The molecule has 1 heterocycles. The molecule has 0 spiro atoms. The lowest BCUT2D eigenvalue weighted by atomic mass is 9.91. The third kappa shape index (κ3) is 3.86. The first-order valence-electron chi connectivity index (χ1n) is 9.79. The topological polar surface area (TPSA) is 56.9 Å². The van der Waals surface area contributed by atoms with Crippen LogP contribution in [-0.2, 0) is 12.8 Å². The van der Waals surface area contributed by atoms with Gasteiger partial charge in [0.15, 0.2) is 0 Å². The number of carbonyl (C=O) groups excluding carboxylic acids is 1. The molecule has 4 nitrogen and oxygen atoms in total. The second-order valence-corrected chi connectivity index (χ2v) is 8.04. The summed E-state index contributed by atoms with van der Waals surface area (Å²) >= 11 is 4.96. The molecule has 1 aromatic heterocycles. The summed E-state index contributed by atoms with van der Waals surface area (Å²) in [5.41, 5.74) is 6.12. The van der Waals surface area contributed by atoms with E-state index in [0.717, 1.165) is 36.0 Å². The largest absolute Gasteiger partial charge is 0.358 e. The SMILES string of the molecule is CC(C)NC1CCc2[nH]c3ccc(NC(=O)c4cccc(C=S)c4)cc3c2C1. The van der Waals surface area contributed by atoms with Gasteiger partial charge in [-0.2, -0.15) is 0 Å². The fraction of sp³-hybridized carbons (Fsp3) is 0.304. The molecule has 5 heteroatoms. The van der Waals surface area contributed by atoms with Crippen molar-refractivity contribution in [3.63, 3.8) is 0 Å². The normalized spacial score (nSPS) is 16.2. The molecule has 0 radical (unpaired) electrons. The Morgan fingerprint density at radius 3 is 2.89 bits per heavy atom. The van der Waals surface area contributed by atoms with Crippen molar-refractivity contribution in [2.24, 2.45) is 0 Å². The van der Waals surface area contributed by atoms with Crippen LogP contribution in [0.2, 0.25) is 0 Å². The van der Waals surface area contributed by atoms with Gasteiger partial charge in [-0.25, -0.2) is 0 Å². The Bertz CT molecular complexity index is 1040. The average molecular weight is 392 g/mol. The summed E-state index contributed by atoms with van der Waals surface area (Å²) < 4.78 is 0. The number of hydrogen-bond acceptors (Lipinski definition) is 3. The van der Waals surface area contributed by atoms with Gasteiger partial charge in [-0.1, -0.05) is 38.2 Å². The number of aromatic nitrogens is 1. The van der Waals surface area contributed by atoms with Crippen LogP contribution in [0.5, 0.6) is 0 Å². The number of aromatic amines is 1. The molecule has 0 bridgehead atoms. The van der Waals surface area contributed by atoms with E-state index in [4.69, 9.17) is 12.2 Å². The van der Waals surface area contributed by atoms with Gasteiger partial charge in [-0.15, -0.1) is 0 Å². The highest BCUT2D eigenvalue weighted by atomic mass is 32.1. The van der Waals surface area contributed by atoms with Gasteiger partial charge in [0.2, 0.25) is 0 Å². The standard InChI is InChI=1S/C23H25N3OS/c1-14(2)24-17-6-8-21-19(11-17)20-12-18(7-9-22(20)26-21)25-23(27)16-5-3-4-15(10-16)13-28/h3-5,7,9-10,12-14,17,24,26H,6,8,11H2,1-2H3,(H,25,27). The van der Waals surface area contributed by atoms with E-state index in [9.17, 15) is 4.79 Å². The van der Waals surface area contributed by atoms with Gasteiger partial charge in [0.05, 0.1) is 0 Å². The maximum atomic E-state index is 12.6. The zero-order valence-corrected chi connectivity index (χ0v) is 17.0. The van der Waals surface area contributed by atoms with Crippen molar-refractivity contribution in [3.05, 3.63) is 64.8 Å². The van der Waals surface area contributed by atoms with Crippen molar-refractivity contribution in [3.8, 4) is 0 Å². The van der Waals surface area contributed by atoms with Crippen molar-refractivity contribution in [2.75, 3.05) is 5.32 Å². The highest BCUT2D eigenvalue weighted by Gasteiger charge is 2.23. The lowest BCUT2D eigenvalue weighted by Gasteiger charge is -2.25. The van der Waals surface area contributed by atoms with E-state index >= 15 is 0 Å². The van der Waals surface area contributed by atoms with Crippen molar-refractivity contribution in [1.29, 1.82) is 0 Å². The molecular formula is C23H25N3OS. The number of amides is 1. The van der Waals surface area contributed by atoms with Gasteiger partial charge in [-0.3, -0.25) is 4.79 Å². The van der Waals surface area contributed by atoms with E-state index in [0.29, 0.717) is 17.6 Å². The molecule has 0 fully saturated rings. The minimum atomic E-state index is -0.123. The molecule has 4 rings (SSSR count). The molecule has 0 aliphatic heterocycles. The number of benzene rings is 2. The van der Waals surface area contributed by atoms with Crippen molar-refractivity contribution in [1.82, 2.24) is 10.3 Å². The van der Waals surface area contributed by atoms with Crippen LogP contribution in [0, 0.1) is 0 Å². The molecule has 0 saturated heterocycles. The molecule has 1 amide bonds. The Balaban J connectivity index is 1.59.